The molecule has 2 amide bonds. The van der Waals surface area contributed by atoms with Crippen LogP contribution in [-0.2, 0) is 15.7 Å². The summed E-state index contributed by atoms with van der Waals surface area (Å²) in [6.07, 6.45) is 1.40. The second-order valence-corrected chi connectivity index (χ2v) is 11.3. The van der Waals surface area contributed by atoms with Gasteiger partial charge in [-0.1, -0.05) is 6.07 Å². The van der Waals surface area contributed by atoms with Crippen LogP contribution in [-0.4, -0.2) is 69.5 Å². The summed E-state index contributed by atoms with van der Waals surface area (Å²) in [6.45, 7) is 3.92. The number of methoxy groups -OCH3 is 1. The predicted octanol–water partition coefficient (Wildman–Crippen LogP) is 4.40. The molecule has 5 heterocycles. The third-order valence-electron chi connectivity index (χ3n) is 8.09. The summed E-state index contributed by atoms with van der Waals surface area (Å²) in [5.74, 6) is 0.214. The number of aromatic nitrogens is 4. The number of nitrogen functional groups attached to an aromatic ring is 1. The van der Waals surface area contributed by atoms with Crippen LogP contribution in [0, 0.1) is 5.41 Å². The zero-order valence-electron chi connectivity index (χ0n) is 24.0. The summed E-state index contributed by atoms with van der Waals surface area (Å²) < 4.78 is 52.1. The average molecular weight is 610 g/mol. The number of amides is 2. The Hall–Kier alpha value is -4.72. The molecule has 2 fully saturated rings. The standard InChI is InChI=1S/C30H30F3N7O4/c1-29(15-44-16-29)28(42)39-10-3-4-18(14-39)26-38-23(24-25(34)36-9-11-40(24)26)17-5-6-20(21(12-17)43-2)27(41)37-22-13-19(7-8-35-22)30(31,32)33/h5-9,11-13,18H,3-4,10,14-16H2,1-2H3,(H2,34,36)(H,35,37,41)/t18-/m1/s1. The van der Waals surface area contributed by atoms with Gasteiger partial charge in [-0.3, -0.25) is 14.0 Å². The summed E-state index contributed by atoms with van der Waals surface area (Å²) in [7, 11) is 1.38. The van der Waals surface area contributed by atoms with Crippen LogP contribution in [0.3, 0.4) is 0 Å². The molecule has 4 aromatic rings. The molecule has 3 N–H and O–H groups in total. The first-order valence-corrected chi connectivity index (χ1v) is 14.0. The van der Waals surface area contributed by atoms with Crippen LogP contribution < -0.4 is 15.8 Å². The van der Waals surface area contributed by atoms with Crippen LogP contribution in [0.25, 0.3) is 16.8 Å². The molecule has 6 rings (SSSR count). The van der Waals surface area contributed by atoms with E-state index < -0.39 is 23.1 Å². The molecule has 0 unspecified atom stereocenters. The Balaban J connectivity index is 1.32. The smallest absolute Gasteiger partial charge is 0.416 e. The average Bonchev–Trinajstić information content (AvgIpc) is 3.40. The van der Waals surface area contributed by atoms with E-state index in [-0.39, 0.29) is 34.8 Å². The van der Waals surface area contributed by atoms with Crippen molar-refractivity contribution in [1.29, 1.82) is 0 Å². The number of imidazole rings is 1. The van der Waals surface area contributed by atoms with E-state index in [9.17, 15) is 22.8 Å². The van der Waals surface area contributed by atoms with E-state index in [1.165, 1.54) is 13.2 Å². The maximum absolute atomic E-state index is 13.2. The van der Waals surface area contributed by atoms with Gasteiger partial charge in [0.2, 0.25) is 5.91 Å². The number of benzene rings is 1. The third kappa shape index (κ3) is 5.29. The van der Waals surface area contributed by atoms with E-state index >= 15 is 0 Å². The fourth-order valence-electron chi connectivity index (χ4n) is 5.75. The van der Waals surface area contributed by atoms with E-state index in [2.05, 4.69) is 15.3 Å². The first kappa shape index (κ1) is 29.4. The number of nitrogens with two attached hydrogens (primary N) is 1. The zero-order chi connectivity index (χ0) is 31.2. The van der Waals surface area contributed by atoms with Crippen molar-refractivity contribution in [2.24, 2.45) is 5.41 Å². The minimum Gasteiger partial charge on any atom is -0.496 e. The topological polar surface area (TPSA) is 137 Å². The number of piperidine rings is 1. The van der Waals surface area contributed by atoms with Gasteiger partial charge in [0.25, 0.3) is 5.91 Å². The highest BCUT2D eigenvalue weighted by Gasteiger charge is 2.45. The van der Waals surface area contributed by atoms with Crippen molar-refractivity contribution in [3.63, 3.8) is 0 Å². The highest BCUT2D eigenvalue weighted by atomic mass is 19.4. The van der Waals surface area contributed by atoms with Gasteiger partial charge in [0.05, 0.1) is 36.9 Å². The number of ether oxygens (including phenoxy) is 2. The molecular weight excluding hydrogens is 579 g/mol. The number of carbonyl (C=O) groups is 2. The molecule has 44 heavy (non-hydrogen) atoms. The lowest BCUT2D eigenvalue weighted by molar-refractivity contribution is -0.170. The number of pyridine rings is 1. The number of alkyl halides is 3. The van der Waals surface area contributed by atoms with Crippen LogP contribution in [0.15, 0.2) is 48.9 Å². The largest absolute Gasteiger partial charge is 0.496 e. The van der Waals surface area contributed by atoms with E-state index in [1.807, 2.05) is 16.2 Å². The lowest BCUT2D eigenvalue weighted by atomic mass is 9.85. The van der Waals surface area contributed by atoms with Crippen LogP contribution in [0.5, 0.6) is 5.75 Å². The summed E-state index contributed by atoms with van der Waals surface area (Å²) in [5.41, 5.74) is 6.65. The molecular formula is C30H30F3N7O4. The Bertz CT molecular complexity index is 1750. The Morgan fingerprint density at radius 3 is 2.66 bits per heavy atom. The predicted molar refractivity (Wildman–Crippen MR) is 154 cm³/mol. The first-order valence-electron chi connectivity index (χ1n) is 14.0. The fourth-order valence-corrected chi connectivity index (χ4v) is 5.75. The number of carbonyl (C=O) groups excluding carboxylic acids is 2. The SMILES string of the molecule is COc1cc(-c2nc([C@@H]3CCCN(C(=O)C4(C)COC4)C3)n3ccnc(N)c23)ccc1C(=O)Nc1cc(C(F)(F)F)ccn1. The summed E-state index contributed by atoms with van der Waals surface area (Å²) in [4.78, 5) is 41.3. The quantitative estimate of drug-likeness (QED) is 0.328. The van der Waals surface area contributed by atoms with Crippen molar-refractivity contribution in [3.8, 4) is 17.0 Å². The number of rotatable bonds is 6. The van der Waals surface area contributed by atoms with Crippen molar-refractivity contribution in [2.45, 2.75) is 31.9 Å². The van der Waals surface area contributed by atoms with Crippen molar-refractivity contribution in [2.75, 3.05) is 44.5 Å². The fraction of sp³-hybridized carbons (Fsp3) is 0.367. The number of hydrogen-bond donors (Lipinski definition) is 2. The van der Waals surface area contributed by atoms with Gasteiger partial charge in [0.1, 0.15) is 34.4 Å². The molecule has 1 aromatic carbocycles. The summed E-state index contributed by atoms with van der Waals surface area (Å²) >= 11 is 0. The van der Waals surface area contributed by atoms with E-state index in [1.54, 1.807) is 24.5 Å². The zero-order valence-corrected chi connectivity index (χ0v) is 24.0. The highest BCUT2D eigenvalue weighted by molar-refractivity contribution is 6.06. The number of likely N-dealkylation sites (tertiary alicyclic amines) is 1. The van der Waals surface area contributed by atoms with Gasteiger partial charge in [0.15, 0.2) is 0 Å². The van der Waals surface area contributed by atoms with Crippen molar-refractivity contribution >= 4 is 29.0 Å². The molecule has 0 bridgehead atoms. The van der Waals surface area contributed by atoms with Crippen LogP contribution in [0.1, 0.15) is 47.4 Å². The van der Waals surface area contributed by atoms with Gasteiger partial charge >= 0.3 is 6.18 Å². The molecule has 0 spiro atoms. The number of hydrogen-bond acceptors (Lipinski definition) is 8. The van der Waals surface area contributed by atoms with E-state index in [0.717, 1.165) is 37.0 Å². The monoisotopic (exact) mass is 609 g/mol. The Morgan fingerprint density at radius 2 is 1.95 bits per heavy atom. The molecule has 0 radical (unpaired) electrons. The molecule has 1 atom stereocenters. The number of halogens is 3. The van der Waals surface area contributed by atoms with E-state index in [4.69, 9.17) is 20.2 Å². The van der Waals surface area contributed by atoms with Gasteiger partial charge in [0, 0.05) is 43.2 Å². The van der Waals surface area contributed by atoms with Crippen molar-refractivity contribution in [1.82, 2.24) is 24.3 Å². The normalized spacial score (nSPS) is 18.1. The first-order chi connectivity index (χ1) is 21.0. The minimum absolute atomic E-state index is 0.0627. The molecule has 2 aliphatic rings. The molecule has 2 saturated heterocycles. The van der Waals surface area contributed by atoms with Gasteiger partial charge in [-0.2, -0.15) is 13.2 Å². The maximum Gasteiger partial charge on any atom is 0.416 e. The van der Waals surface area contributed by atoms with Gasteiger partial charge in [-0.05, 0) is 44.0 Å². The molecule has 14 heteroatoms. The highest BCUT2D eigenvalue weighted by Crippen LogP contribution is 2.38. The third-order valence-corrected chi connectivity index (χ3v) is 8.09. The molecule has 2 aliphatic heterocycles. The molecule has 0 saturated carbocycles. The number of anilines is 2. The second-order valence-electron chi connectivity index (χ2n) is 11.3. The summed E-state index contributed by atoms with van der Waals surface area (Å²) in [5, 5.41) is 2.40. The van der Waals surface area contributed by atoms with Crippen LogP contribution >= 0.6 is 0 Å². The second kappa shape index (κ2) is 11.1. The Kier molecular flexibility index (Phi) is 7.40. The molecule has 3 aromatic heterocycles. The molecule has 230 valence electrons. The van der Waals surface area contributed by atoms with Crippen molar-refractivity contribution in [3.05, 3.63) is 65.9 Å². The lowest BCUT2D eigenvalue weighted by Gasteiger charge is -2.42. The van der Waals surface area contributed by atoms with Gasteiger partial charge in [-0.25, -0.2) is 15.0 Å². The van der Waals surface area contributed by atoms with Crippen LogP contribution in [0.4, 0.5) is 24.8 Å². The number of nitrogens with zero attached hydrogens (tertiary/aromatic N) is 5. The van der Waals surface area contributed by atoms with Crippen LogP contribution in [0.2, 0.25) is 0 Å². The molecule has 11 nitrogen and oxygen atoms in total. The number of fused-ring (bicyclic) bond motifs is 1. The summed E-state index contributed by atoms with van der Waals surface area (Å²) in [6, 6.07) is 6.34. The number of nitrogens with one attached hydrogen (secondary N) is 1. The van der Waals surface area contributed by atoms with Gasteiger partial charge < -0.3 is 25.4 Å². The van der Waals surface area contributed by atoms with Crippen molar-refractivity contribution < 1.29 is 32.2 Å². The Labute approximate surface area is 250 Å². The maximum atomic E-state index is 13.2. The van der Waals surface area contributed by atoms with Gasteiger partial charge in [-0.15, -0.1) is 0 Å². The minimum atomic E-state index is -4.58. The van der Waals surface area contributed by atoms with E-state index in [0.29, 0.717) is 43.1 Å². The Morgan fingerprint density at radius 1 is 1.16 bits per heavy atom. The lowest BCUT2D eigenvalue weighted by Crippen LogP contribution is -2.55. The molecule has 0 aliphatic carbocycles.